The van der Waals surface area contributed by atoms with Gasteiger partial charge in [0, 0.05) is 18.3 Å². The van der Waals surface area contributed by atoms with Crippen LogP contribution in [-0.2, 0) is 6.54 Å². The summed E-state index contributed by atoms with van der Waals surface area (Å²) in [6, 6.07) is 2.37. The third kappa shape index (κ3) is 2.81. The highest BCUT2D eigenvalue weighted by molar-refractivity contribution is 5.45. The Morgan fingerprint density at radius 1 is 1.24 bits per heavy atom. The monoisotopic (exact) mass is 287 g/mol. The van der Waals surface area contributed by atoms with Gasteiger partial charge in [0.25, 0.3) is 0 Å². The number of hydrogen-bond acceptors (Lipinski definition) is 6. The summed E-state index contributed by atoms with van der Waals surface area (Å²) in [4.78, 5) is 15.2. The molecule has 0 amide bonds. The molecule has 1 aliphatic rings. The standard InChI is InChI=1S/C14H21N7/c1-9-7-13(18-14(15)16-9)20-6-4-5-12(20)8-21-11(3)17-10(2)19-21/h7,12H,4-6,8H2,1-3H3,(H2,15,16,18). The molecule has 1 unspecified atom stereocenters. The van der Waals surface area contributed by atoms with Crippen molar-refractivity contribution in [3.63, 3.8) is 0 Å². The highest BCUT2D eigenvalue weighted by atomic mass is 15.4. The fourth-order valence-corrected chi connectivity index (χ4v) is 2.98. The van der Waals surface area contributed by atoms with E-state index in [2.05, 4.69) is 25.0 Å². The summed E-state index contributed by atoms with van der Waals surface area (Å²) in [5, 5.41) is 4.46. The van der Waals surface area contributed by atoms with E-state index in [4.69, 9.17) is 5.73 Å². The van der Waals surface area contributed by atoms with Crippen LogP contribution in [0.2, 0.25) is 0 Å². The third-order valence-electron chi connectivity index (χ3n) is 3.88. The van der Waals surface area contributed by atoms with Crippen LogP contribution < -0.4 is 10.6 Å². The molecule has 7 nitrogen and oxygen atoms in total. The van der Waals surface area contributed by atoms with Gasteiger partial charge in [-0.25, -0.2) is 14.6 Å². The molecule has 0 spiro atoms. The minimum Gasteiger partial charge on any atom is -0.368 e. The molecule has 0 aromatic carbocycles. The Bertz CT molecular complexity index is 629. The molecule has 7 heteroatoms. The summed E-state index contributed by atoms with van der Waals surface area (Å²) in [7, 11) is 0. The van der Waals surface area contributed by atoms with Crippen LogP contribution in [0.25, 0.3) is 0 Å². The van der Waals surface area contributed by atoms with Crippen molar-refractivity contribution < 1.29 is 0 Å². The molecule has 1 saturated heterocycles. The Hall–Kier alpha value is -2.18. The van der Waals surface area contributed by atoms with E-state index in [0.717, 1.165) is 49.1 Å². The number of aryl methyl sites for hydroxylation is 3. The lowest BCUT2D eigenvalue weighted by Crippen LogP contribution is -2.34. The predicted molar refractivity (Wildman–Crippen MR) is 81.0 cm³/mol. The van der Waals surface area contributed by atoms with E-state index in [0.29, 0.717) is 12.0 Å². The van der Waals surface area contributed by atoms with E-state index in [1.165, 1.54) is 0 Å². The first-order valence-electron chi connectivity index (χ1n) is 7.29. The molecule has 0 bridgehead atoms. The van der Waals surface area contributed by atoms with E-state index in [-0.39, 0.29) is 0 Å². The minimum absolute atomic E-state index is 0.337. The van der Waals surface area contributed by atoms with E-state index in [9.17, 15) is 0 Å². The molecule has 3 rings (SSSR count). The van der Waals surface area contributed by atoms with Gasteiger partial charge in [-0.05, 0) is 33.6 Å². The van der Waals surface area contributed by atoms with Crippen molar-refractivity contribution >= 4 is 11.8 Å². The lowest BCUT2D eigenvalue weighted by Gasteiger charge is -2.26. The van der Waals surface area contributed by atoms with Gasteiger partial charge in [-0.2, -0.15) is 10.1 Å². The highest BCUT2D eigenvalue weighted by Gasteiger charge is 2.27. The van der Waals surface area contributed by atoms with E-state index in [1.54, 1.807) is 0 Å². The first kappa shape index (κ1) is 13.8. The van der Waals surface area contributed by atoms with Crippen molar-refractivity contribution in [1.82, 2.24) is 24.7 Å². The van der Waals surface area contributed by atoms with Crippen molar-refractivity contribution in [1.29, 1.82) is 0 Å². The first-order valence-corrected chi connectivity index (χ1v) is 7.29. The van der Waals surface area contributed by atoms with Crippen LogP contribution >= 0.6 is 0 Å². The third-order valence-corrected chi connectivity index (χ3v) is 3.88. The highest BCUT2D eigenvalue weighted by Crippen LogP contribution is 2.26. The molecule has 2 N–H and O–H groups in total. The van der Waals surface area contributed by atoms with Crippen LogP contribution in [0, 0.1) is 20.8 Å². The lowest BCUT2D eigenvalue weighted by atomic mass is 10.2. The number of aromatic nitrogens is 5. The predicted octanol–water partition coefficient (Wildman–Crippen LogP) is 1.24. The molecule has 112 valence electrons. The van der Waals surface area contributed by atoms with Gasteiger partial charge in [0.1, 0.15) is 17.5 Å². The number of rotatable bonds is 3. The summed E-state index contributed by atoms with van der Waals surface area (Å²) in [5.74, 6) is 3.03. The average Bonchev–Trinajstić information content (AvgIpc) is 2.96. The SMILES string of the molecule is Cc1cc(N2CCCC2Cn2nc(C)nc2C)nc(N)n1. The maximum absolute atomic E-state index is 5.78. The molecule has 2 aromatic heterocycles. The molecule has 2 aromatic rings. The van der Waals surface area contributed by atoms with Gasteiger partial charge in [0.2, 0.25) is 5.95 Å². The quantitative estimate of drug-likeness (QED) is 0.914. The van der Waals surface area contributed by atoms with E-state index in [1.807, 2.05) is 31.5 Å². The zero-order valence-electron chi connectivity index (χ0n) is 12.7. The van der Waals surface area contributed by atoms with Crippen molar-refractivity contribution in [2.45, 2.75) is 46.2 Å². The van der Waals surface area contributed by atoms with Gasteiger partial charge < -0.3 is 10.6 Å². The molecule has 0 aliphatic carbocycles. The second kappa shape index (κ2) is 5.31. The van der Waals surface area contributed by atoms with Crippen LogP contribution in [0.5, 0.6) is 0 Å². The topological polar surface area (TPSA) is 85.8 Å². The summed E-state index contributed by atoms with van der Waals surface area (Å²) in [5.41, 5.74) is 6.68. The molecule has 1 atom stereocenters. The summed E-state index contributed by atoms with van der Waals surface area (Å²) in [6.45, 7) is 7.68. The summed E-state index contributed by atoms with van der Waals surface area (Å²) < 4.78 is 1.98. The molecular weight excluding hydrogens is 266 g/mol. The Morgan fingerprint density at radius 3 is 2.71 bits per heavy atom. The Balaban J connectivity index is 1.83. The number of nitrogen functional groups attached to an aromatic ring is 1. The zero-order valence-corrected chi connectivity index (χ0v) is 12.7. The molecule has 0 saturated carbocycles. The maximum Gasteiger partial charge on any atom is 0.222 e. The van der Waals surface area contributed by atoms with Crippen molar-refractivity contribution in [3.05, 3.63) is 23.4 Å². The van der Waals surface area contributed by atoms with Crippen molar-refractivity contribution in [2.75, 3.05) is 17.2 Å². The fraction of sp³-hybridized carbons (Fsp3) is 0.571. The van der Waals surface area contributed by atoms with Gasteiger partial charge >= 0.3 is 0 Å². The van der Waals surface area contributed by atoms with Gasteiger partial charge in [0.05, 0.1) is 12.6 Å². The largest absolute Gasteiger partial charge is 0.368 e. The van der Waals surface area contributed by atoms with Crippen LogP contribution in [0.4, 0.5) is 11.8 Å². The number of anilines is 2. The molecular formula is C14H21N7. The van der Waals surface area contributed by atoms with Crippen LogP contribution in [-0.4, -0.2) is 37.3 Å². The fourth-order valence-electron chi connectivity index (χ4n) is 2.98. The summed E-state index contributed by atoms with van der Waals surface area (Å²) in [6.07, 6.45) is 2.28. The average molecular weight is 287 g/mol. The number of hydrogen-bond donors (Lipinski definition) is 1. The summed E-state index contributed by atoms with van der Waals surface area (Å²) >= 11 is 0. The molecule has 1 aliphatic heterocycles. The van der Waals surface area contributed by atoms with Crippen molar-refractivity contribution in [3.8, 4) is 0 Å². The van der Waals surface area contributed by atoms with Crippen LogP contribution in [0.15, 0.2) is 6.07 Å². The van der Waals surface area contributed by atoms with E-state index < -0.39 is 0 Å². The van der Waals surface area contributed by atoms with Gasteiger partial charge in [-0.1, -0.05) is 0 Å². The lowest BCUT2D eigenvalue weighted by molar-refractivity contribution is 0.495. The van der Waals surface area contributed by atoms with Gasteiger partial charge in [-0.3, -0.25) is 0 Å². The normalized spacial score (nSPS) is 18.4. The maximum atomic E-state index is 5.78. The second-order valence-corrected chi connectivity index (χ2v) is 5.60. The molecule has 21 heavy (non-hydrogen) atoms. The number of nitrogens with zero attached hydrogens (tertiary/aromatic N) is 6. The minimum atomic E-state index is 0.337. The smallest absolute Gasteiger partial charge is 0.222 e. The van der Waals surface area contributed by atoms with Crippen molar-refractivity contribution in [2.24, 2.45) is 0 Å². The second-order valence-electron chi connectivity index (χ2n) is 5.60. The molecule has 1 fully saturated rings. The molecule has 0 radical (unpaired) electrons. The first-order chi connectivity index (χ1) is 10.0. The Labute approximate surface area is 124 Å². The van der Waals surface area contributed by atoms with Gasteiger partial charge in [-0.15, -0.1) is 0 Å². The van der Waals surface area contributed by atoms with Gasteiger partial charge in [0.15, 0.2) is 0 Å². The Kier molecular flexibility index (Phi) is 3.48. The van der Waals surface area contributed by atoms with E-state index >= 15 is 0 Å². The number of nitrogens with two attached hydrogens (primary N) is 1. The Morgan fingerprint density at radius 2 is 2.05 bits per heavy atom. The van der Waals surface area contributed by atoms with Crippen LogP contribution in [0.3, 0.4) is 0 Å². The van der Waals surface area contributed by atoms with Crippen LogP contribution in [0.1, 0.15) is 30.2 Å². The molecule has 3 heterocycles. The zero-order chi connectivity index (χ0) is 15.0.